The Morgan fingerprint density at radius 1 is 1.44 bits per heavy atom. The molecule has 0 amide bonds. The number of carboxylic acids is 1. The van der Waals surface area contributed by atoms with Crippen LogP contribution in [0.15, 0.2) is 0 Å². The molecule has 2 saturated carbocycles. The molecule has 2 aliphatic carbocycles. The monoisotopic (exact) mass is 254 g/mol. The number of hydrogen-bond acceptors (Lipinski definition) is 3. The van der Waals surface area contributed by atoms with Gasteiger partial charge in [-0.15, -0.1) is 0 Å². The quantitative estimate of drug-likeness (QED) is 0.757. The van der Waals surface area contributed by atoms with Crippen molar-refractivity contribution in [1.82, 2.24) is 10.2 Å². The number of rotatable bonds is 6. The summed E-state index contributed by atoms with van der Waals surface area (Å²) in [5.41, 5.74) is -0.695. The van der Waals surface area contributed by atoms with Crippen LogP contribution in [0, 0.1) is 5.92 Å². The van der Waals surface area contributed by atoms with Crippen molar-refractivity contribution in [3.05, 3.63) is 0 Å². The molecule has 2 unspecified atom stereocenters. The van der Waals surface area contributed by atoms with Crippen molar-refractivity contribution in [2.75, 3.05) is 20.1 Å². The van der Waals surface area contributed by atoms with Gasteiger partial charge in [-0.1, -0.05) is 6.92 Å². The van der Waals surface area contributed by atoms with E-state index in [4.69, 9.17) is 0 Å². The molecule has 0 bridgehead atoms. The molecule has 0 radical (unpaired) electrons. The Hall–Kier alpha value is -0.610. The Kier molecular flexibility index (Phi) is 4.28. The third-order valence-corrected chi connectivity index (χ3v) is 4.73. The lowest BCUT2D eigenvalue weighted by Crippen LogP contribution is -2.57. The second-order valence-electron chi connectivity index (χ2n) is 5.92. The summed E-state index contributed by atoms with van der Waals surface area (Å²) in [5.74, 6) is 0.192. The number of hydrogen-bond donors (Lipinski definition) is 2. The molecule has 2 atom stereocenters. The third-order valence-electron chi connectivity index (χ3n) is 4.73. The summed E-state index contributed by atoms with van der Waals surface area (Å²) in [4.78, 5) is 14.0. The van der Waals surface area contributed by atoms with Crippen molar-refractivity contribution in [3.63, 3.8) is 0 Å². The maximum atomic E-state index is 11.5. The molecule has 4 nitrogen and oxygen atoms in total. The second-order valence-corrected chi connectivity index (χ2v) is 5.92. The molecular weight excluding hydrogens is 228 g/mol. The first-order valence-corrected chi connectivity index (χ1v) is 7.27. The Morgan fingerprint density at radius 3 is 2.67 bits per heavy atom. The molecule has 2 rings (SSSR count). The smallest absolute Gasteiger partial charge is 0.323 e. The summed E-state index contributed by atoms with van der Waals surface area (Å²) in [6.07, 6.45) is 6.39. The maximum absolute atomic E-state index is 11.5. The van der Waals surface area contributed by atoms with Gasteiger partial charge in [-0.2, -0.15) is 0 Å². The van der Waals surface area contributed by atoms with Crippen molar-refractivity contribution < 1.29 is 9.90 Å². The average molecular weight is 254 g/mol. The molecule has 0 aliphatic heterocycles. The van der Waals surface area contributed by atoms with E-state index in [2.05, 4.69) is 17.1 Å². The Bertz CT molecular complexity index is 304. The summed E-state index contributed by atoms with van der Waals surface area (Å²) in [6.45, 7) is 4.40. The molecular formula is C14H26N2O2. The lowest BCUT2D eigenvalue weighted by molar-refractivity contribution is -0.147. The maximum Gasteiger partial charge on any atom is 0.323 e. The lowest BCUT2D eigenvalue weighted by atomic mass is 9.78. The van der Waals surface area contributed by atoms with Crippen molar-refractivity contribution in [1.29, 1.82) is 0 Å². The van der Waals surface area contributed by atoms with Crippen molar-refractivity contribution in [2.45, 2.75) is 57.0 Å². The summed E-state index contributed by atoms with van der Waals surface area (Å²) < 4.78 is 0. The van der Waals surface area contributed by atoms with Crippen LogP contribution in [-0.2, 0) is 4.79 Å². The Morgan fingerprint density at radius 2 is 2.17 bits per heavy atom. The van der Waals surface area contributed by atoms with E-state index >= 15 is 0 Å². The first-order chi connectivity index (χ1) is 8.61. The molecule has 0 aromatic carbocycles. The highest BCUT2D eigenvalue weighted by Crippen LogP contribution is 2.35. The highest BCUT2D eigenvalue weighted by atomic mass is 16.4. The minimum Gasteiger partial charge on any atom is -0.480 e. The van der Waals surface area contributed by atoms with Gasteiger partial charge >= 0.3 is 5.97 Å². The van der Waals surface area contributed by atoms with Crippen LogP contribution in [0.1, 0.15) is 45.4 Å². The van der Waals surface area contributed by atoms with Gasteiger partial charge in [-0.25, -0.2) is 0 Å². The SMILES string of the molecule is CCN(CC1CC1)C1CCCC(NC)(C(=O)O)C1. The van der Waals surface area contributed by atoms with E-state index in [1.807, 2.05) is 0 Å². The van der Waals surface area contributed by atoms with Crippen molar-refractivity contribution in [3.8, 4) is 0 Å². The largest absolute Gasteiger partial charge is 0.480 e. The average Bonchev–Trinajstić information content (AvgIpc) is 3.19. The fourth-order valence-corrected chi connectivity index (χ4v) is 3.25. The van der Waals surface area contributed by atoms with E-state index in [1.54, 1.807) is 7.05 Å². The van der Waals surface area contributed by atoms with Crippen LogP contribution in [0.2, 0.25) is 0 Å². The Labute approximate surface area is 110 Å². The zero-order chi connectivity index (χ0) is 13.2. The van der Waals surface area contributed by atoms with Gasteiger partial charge in [-0.05, 0) is 58.0 Å². The van der Waals surface area contributed by atoms with Gasteiger partial charge in [0, 0.05) is 12.6 Å². The normalized spacial score (nSPS) is 32.7. The van der Waals surface area contributed by atoms with Crippen LogP contribution < -0.4 is 5.32 Å². The van der Waals surface area contributed by atoms with E-state index in [9.17, 15) is 9.90 Å². The second kappa shape index (κ2) is 5.57. The minimum atomic E-state index is -0.695. The third kappa shape index (κ3) is 2.86. The van der Waals surface area contributed by atoms with Crippen LogP contribution in [0.5, 0.6) is 0 Å². The molecule has 4 heteroatoms. The van der Waals surface area contributed by atoms with Gasteiger partial charge in [0.2, 0.25) is 0 Å². The van der Waals surface area contributed by atoms with Crippen LogP contribution in [-0.4, -0.2) is 47.7 Å². The minimum absolute atomic E-state index is 0.438. The van der Waals surface area contributed by atoms with E-state index in [0.29, 0.717) is 6.04 Å². The molecule has 0 heterocycles. The van der Waals surface area contributed by atoms with Crippen LogP contribution in [0.25, 0.3) is 0 Å². The van der Waals surface area contributed by atoms with Crippen LogP contribution in [0.4, 0.5) is 0 Å². The standard InChI is InChI=1S/C14H26N2O2/c1-3-16(10-11-6-7-11)12-5-4-8-14(9-12,15-2)13(17)18/h11-12,15H,3-10H2,1-2H3,(H,17,18). The van der Waals surface area contributed by atoms with Crippen LogP contribution >= 0.6 is 0 Å². The van der Waals surface area contributed by atoms with Gasteiger partial charge in [0.1, 0.15) is 5.54 Å². The van der Waals surface area contributed by atoms with E-state index in [0.717, 1.165) is 38.1 Å². The van der Waals surface area contributed by atoms with Crippen molar-refractivity contribution in [2.24, 2.45) is 5.92 Å². The fraction of sp³-hybridized carbons (Fsp3) is 0.929. The molecule has 0 saturated heterocycles. The number of aliphatic carboxylic acids is 1. The molecule has 2 fully saturated rings. The number of nitrogens with zero attached hydrogens (tertiary/aromatic N) is 1. The lowest BCUT2D eigenvalue weighted by Gasteiger charge is -2.42. The number of likely N-dealkylation sites (N-methyl/N-ethyl adjacent to an activating group) is 1. The van der Waals surface area contributed by atoms with Gasteiger partial charge in [0.25, 0.3) is 0 Å². The van der Waals surface area contributed by atoms with Gasteiger partial charge < -0.3 is 15.3 Å². The highest BCUT2D eigenvalue weighted by molar-refractivity contribution is 5.79. The van der Waals surface area contributed by atoms with Gasteiger partial charge in [0.05, 0.1) is 0 Å². The first-order valence-electron chi connectivity index (χ1n) is 7.27. The summed E-state index contributed by atoms with van der Waals surface area (Å²) in [7, 11) is 1.79. The molecule has 18 heavy (non-hydrogen) atoms. The summed E-state index contributed by atoms with van der Waals surface area (Å²) in [5, 5.41) is 12.5. The summed E-state index contributed by atoms with van der Waals surface area (Å²) in [6, 6.07) is 0.438. The van der Waals surface area contributed by atoms with E-state index in [1.165, 1.54) is 19.4 Å². The number of nitrogens with one attached hydrogen (secondary N) is 1. The number of carbonyl (C=O) groups is 1. The zero-order valence-electron chi connectivity index (χ0n) is 11.6. The van der Waals surface area contributed by atoms with Gasteiger partial charge in [0.15, 0.2) is 0 Å². The van der Waals surface area contributed by atoms with Crippen molar-refractivity contribution >= 4 is 5.97 Å². The van der Waals surface area contributed by atoms with E-state index in [-0.39, 0.29) is 0 Å². The molecule has 0 aromatic rings. The molecule has 2 aliphatic rings. The predicted octanol–water partition coefficient (Wildman–Crippen LogP) is 1.70. The highest BCUT2D eigenvalue weighted by Gasteiger charge is 2.43. The molecule has 0 aromatic heterocycles. The van der Waals surface area contributed by atoms with Gasteiger partial charge in [-0.3, -0.25) is 4.79 Å². The zero-order valence-corrected chi connectivity index (χ0v) is 11.6. The number of carboxylic acid groups (broad SMARTS) is 1. The molecule has 2 N–H and O–H groups in total. The summed E-state index contributed by atoms with van der Waals surface area (Å²) >= 11 is 0. The van der Waals surface area contributed by atoms with Crippen LogP contribution in [0.3, 0.4) is 0 Å². The topological polar surface area (TPSA) is 52.6 Å². The first kappa shape index (κ1) is 13.8. The fourth-order valence-electron chi connectivity index (χ4n) is 3.25. The molecule has 104 valence electrons. The predicted molar refractivity (Wildman–Crippen MR) is 71.7 cm³/mol. The molecule has 0 spiro atoms. The Balaban J connectivity index is 2.01. The van der Waals surface area contributed by atoms with E-state index < -0.39 is 11.5 Å².